The molecule has 23 heavy (non-hydrogen) atoms. The summed E-state index contributed by atoms with van der Waals surface area (Å²) in [4.78, 5) is 0. The summed E-state index contributed by atoms with van der Waals surface area (Å²) in [5.41, 5.74) is 3.16. The van der Waals surface area contributed by atoms with Gasteiger partial charge in [-0.1, -0.05) is 12.1 Å². The quantitative estimate of drug-likeness (QED) is 0.817. The van der Waals surface area contributed by atoms with Crippen LogP contribution in [0, 0.1) is 16.7 Å². The zero-order valence-electron chi connectivity index (χ0n) is 14.1. The van der Waals surface area contributed by atoms with Crippen molar-refractivity contribution in [3.63, 3.8) is 0 Å². The third-order valence-corrected chi connectivity index (χ3v) is 6.73. The van der Waals surface area contributed by atoms with E-state index in [1.165, 1.54) is 5.56 Å². The lowest BCUT2D eigenvalue weighted by atomic mass is 9.73. The van der Waals surface area contributed by atoms with Crippen LogP contribution in [0.1, 0.15) is 56.3 Å². The molecule has 1 heterocycles. The van der Waals surface area contributed by atoms with Gasteiger partial charge in [-0.15, -0.1) is 4.72 Å². The molecular formula is C18H25N3OS. The Bertz CT molecular complexity index is 626. The Balaban J connectivity index is 2.00. The number of rotatable bonds is 2. The number of benzene rings is 1. The van der Waals surface area contributed by atoms with Gasteiger partial charge in [0, 0.05) is 16.8 Å². The SMILES string of the molecule is CC(C)(C)[S@@+]([O-])N[C@@H]1c2cccc(C#N)c2CC12CCNCC2. The van der Waals surface area contributed by atoms with Gasteiger partial charge in [-0.2, -0.15) is 5.26 Å². The van der Waals surface area contributed by atoms with E-state index in [1.807, 2.05) is 32.9 Å². The smallest absolute Gasteiger partial charge is 0.136 e. The second-order valence-corrected chi connectivity index (χ2v) is 9.70. The average molecular weight is 331 g/mol. The van der Waals surface area contributed by atoms with Crippen molar-refractivity contribution in [3.8, 4) is 6.07 Å². The topological polar surface area (TPSA) is 70.9 Å². The number of nitriles is 1. The monoisotopic (exact) mass is 331 g/mol. The van der Waals surface area contributed by atoms with E-state index in [4.69, 9.17) is 0 Å². The van der Waals surface area contributed by atoms with Gasteiger partial charge in [-0.25, -0.2) is 0 Å². The fourth-order valence-electron chi connectivity index (χ4n) is 3.82. The van der Waals surface area contributed by atoms with Gasteiger partial charge in [0.05, 0.1) is 17.7 Å². The number of hydrogen-bond acceptors (Lipinski definition) is 4. The molecule has 1 aromatic rings. The van der Waals surface area contributed by atoms with Gasteiger partial charge in [0.25, 0.3) is 0 Å². The normalized spacial score (nSPS) is 24.2. The summed E-state index contributed by atoms with van der Waals surface area (Å²) in [6.07, 6.45) is 3.00. The maximum Gasteiger partial charge on any atom is 0.136 e. The fourth-order valence-corrected chi connectivity index (χ4v) is 4.77. The van der Waals surface area contributed by atoms with E-state index in [0.29, 0.717) is 0 Å². The molecule has 2 aliphatic rings. The molecule has 0 bridgehead atoms. The lowest BCUT2D eigenvalue weighted by molar-refractivity contribution is 0.163. The lowest BCUT2D eigenvalue weighted by Gasteiger charge is -2.40. The highest BCUT2D eigenvalue weighted by molar-refractivity contribution is 7.90. The number of nitrogens with one attached hydrogen (secondary N) is 2. The van der Waals surface area contributed by atoms with E-state index in [1.54, 1.807) is 0 Å². The second kappa shape index (κ2) is 6.10. The van der Waals surface area contributed by atoms with Crippen molar-refractivity contribution in [2.45, 2.75) is 50.8 Å². The van der Waals surface area contributed by atoms with Crippen molar-refractivity contribution in [1.82, 2.24) is 10.0 Å². The first kappa shape index (κ1) is 16.8. The van der Waals surface area contributed by atoms with Crippen molar-refractivity contribution >= 4 is 11.4 Å². The van der Waals surface area contributed by atoms with E-state index < -0.39 is 11.4 Å². The zero-order chi connectivity index (χ0) is 16.7. The molecule has 0 saturated carbocycles. The summed E-state index contributed by atoms with van der Waals surface area (Å²) < 4.78 is 15.9. The largest absolute Gasteiger partial charge is 0.598 e. The molecule has 0 amide bonds. The van der Waals surface area contributed by atoms with E-state index in [-0.39, 0.29) is 16.2 Å². The minimum Gasteiger partial charge on any atom is -0.598 e. The highest BCUT2D eigenvalue weighted by Crippen LogP contribution is 2.52. The van der Waals surface area contributed by atoms with Gasteiger partial charge in [-0.05, 0) is 70.3 Å². The summed E-state index contributed by atoms with van der Waals surface area (Å²) in [5, 5.41) is 12.9. The zero-order valence-corrected chi connectivity index (χ0v) is 14.9. The van der Waals surface area contributed by atoms with Crippen molar-refractivity contribution in [2.24, 2.45) is 5.41 Å². The predicted octanol–water partition coefficient (Wildman–Crippen LogP) is 2.58. The molecule has 1 aliphatic carbocycles. The molecule has 4 nitrogen and oxygen atoms in total. The van der Waals surface area contributed by atoms with Gasteiger partial charge >= 0.3 is 0 Å². The van der Waals surface area contributed by atoms with Crippen LogP contribution < -0.4 is 10.0 Å². The molecule has 1 aromatic carbocycles. The third kappa shape index (κ3) is 3.01. The van der Waals surface area contributed by atoms with E-state index in [2.05, 4.69) is 22.2 Å². The first-order valence-electron chi connectivity index (χ1n) is 8.28. The molecule has 0 unspecified atom stereocenters. The molecule has 1 spiro atoms. The Hall–Kier alpha value is -1.06. The van der Waals surface area contributed by atoms with E-state index in [0.717, 1.165) is 43.5 Å². The van der Waals surface area contributed by atoms with Crippen molar-refractivity contribution < 1.29 is 4.55 Å². The van der Waals surface area contributed by atoms with Crippen molar-refractivity contribution in [1.29, 1.82) is 5.26 Å². The van der Waals surface area contributed by atoms with Crippen LogP contribution in [0.2, 0.25) is 0 Å². The van der Waals surface area contributed by atoms with Crippen molar-refractivity contribution in [2.75, 3.05) is 13.1 Å². The highest BCUT2D eigenvalue weighted by Gasteiger charge is 2.50. The van der Waals surface area contributed by atoms with Crippen molar-refractivity contribution in [3.05, 3.63) is 34.9 Å². The molecule has 3 rings (SSSR count). The Morgan fingerprint density at radius 1 is 1.35 bits per heavy atom. The van der Waals surface area contributed by atoms with Gasteiger partial charge in [-0.3, -0.25) is 0 Å². The highest BCUT2D eigenvalue weighted by atomic mass is 32.2. The molecule has 1 fully saturated rings. The summed E-state index contributed by atoms with van der Waals surface area (Å²) in [7, 11) is 0. The number of nitrogens with zero attached hydrogens (tertiary/aromatic N) is 1. The Morgan fingerprint density at radius 2 is 2.04 bits per heavy atom. The standard InChI is InChI=1S/C18H25N3OS/c1-17(2,3)23(22)21-16-14-6-4-5-13(12-19)15(14)11-18(16)7-9-20-10-8-18/h4-6,16,20-21H,7-11H2,1-3H3/t16-,23-/m1/s1. The van der Waals surface area contributed by atoms with Crippen LogP contribution in [0.3, 0.4) is 0 Å². The fraction of sp³-hybridized carbons (Fsp3) is 0.611. The van der Waals surface area contributed by atoms with Gasteiger partial charge in [0.2, 0.25) is 0 Å². The van der Waals surface area contributed by atoms with Gasteiger partial charge < -0.3 is 9.87 Å². The molecular weight excluding hydrogens is 306 g/mol. The average Bonchev–Trinajstić information content (AvgIpc) is 2.80. The third-order valence-electron chi connectivity index (χ3n) is 5.17. The van der Waals surface area contributed by atoms with Crippen LogP contribution in [-0.2, 0) is 17.8 Å². The van der Waals surface area contributed by atoms with Crippen LogP contribution in [0.25, 0.3) is 0 Å². The van der Waals surface area contributed by atoms with E-state index in [9.17, 15) is 9.81 Å². The second-order valence-electron chi connectivity index (χ2n) is 7.71. The minimum atomic E-state index is -1.12. The maximum absolute atomic E-state index is 12.7. The maximum atomic E-state index is 12.7. The van der Waals surface area contributed by atoms with E-state index >= 15 is 0 Å². The van der Waals surface area contributed by atoms with Crippen LogP contribution in [0.4, 0.5) is 0 Å². The van der Waals surface area contributed by atoms with Gasteiger partial charge in [0.15, 0.2) is 0 Å². The molecule has 1 saturated heterocycles. The summed E-state index contributed by atoms with van der Waals surface area (Å²) >= 11 is -1.12. The van der Waals surface area contributed by atoms with Crippen LogP contribution in [-0.4, -0.2) is 22.4 Å². The molecule has 2 N–H and O–H groups in total. The molecule has 1 aliphatic heterocycles. The first-order valence-corrected chi connectivity index (χ1v) is 9.43. The Labute approximate surface area is 142 Å². The minimum absolute atomic E-state index is 0.0629. The molecule has 0 aromatic heterocycles. The number of hydrogen-bond donors (Lipinski definition) is 2. The summed E-state index contributed by atoms with van der Waals surface area (Å²) in [6.45, 7) is 7.94. The summed E-state index contributed by atoms with van der Waals surface area (Å²) in [5.74, 6) is 0. The molecule has 5 heteroatoms. The van der Waals surface area contributed by atoms with Crippen LogP contribution in [0.15, 0.2) is 18.2 Å². The van der Waals surface area contributed by atoms with Crippen LogP contribution >= 0.6 is 0 Å². The lowest BCUT2D eigenvalue weighted by Crippen LogP contribution is -2.48. The number of fused-ring (bicyclic) bond motifs is 1. The summed E-state index contributed by atoms with van der Waals surface area (Å²) in [6, 6.07) is 8.35. The predicted molar refractivity (Wildman–Crippen MR) is 93.2 cm³/mol. The number of piperidine rings is 1. The Kier molecular flexibility index (Phi) is 4.45. The molecule has 124 valence electrons. The molecule has 2 atom stereocenters. The van der Waals surface area contributed by atoms with Gasteiger partial charge in [0.1, 0.15) is 4.75 Å². The first-order chi connectivity index (χ1) is 10.9. The van der Waals surface area contributed by atoms with Crippen LogP contribution in [0.5, 0.6) is 0 Å². The molecule has 0 radical (unpaired) electrons. The Morgan fingerprint density at radius 3 is 2.65 bits per heavy atom.